The quantitative estimate of drug-likeness (QED) is 0.544. The van der Waals surface area contributed by atoms with Gasteiger partial charge >= 0.3 is 5.97 Å². The minimum absolute atomic E-state index is 0.272. The standard InChI is InChI=1S/C17H16BrClN2O4/c1-23-17(22)13-8-11(2-3-15(13)19)20-10-12-9-14(18)16(25-12)21-4-6-24-7-5-21/h2-3,8-10H,4-7H2,1H3. The number of ether oxygens (including phenoxy) is 2. The van der Waals surface area contributed by atoms with Crippen LogP contribution in [0.5, 0.6) is 0 Å². The van der Waals surface area contributed by atoms with E-state index in [9.17, 15) is 4.79 Å². The Kier molecular flexibility index (Phi) is 5.78. The van der Waals surface area contributed by atoms with Crippen LogP contribution in [0.4, 0.5) is 11.6 Å². The molecule has 0 N–H and O–H groups in total. The van der Waals surface area contributed by atoms with Gasteiger partial charge in [-0.05, 0) is 34.1 Å². The first-order chi connectivity index (χ1) is 12.1. The summed E-state index contributed by atoms with van der Waals surface area (Å²) < 4.78 is 16.8. The highest BCUT2D eigenvalue weighted by atomic mass is 79.9. The van der Waals surface area contributed by atoms with Crippen molar-refractivity contribution >= 4 is 51.3 Å². The monoisotopic (exact) mass is 426 g/mol. The van der Waals surface area contributed by atoms with Gasteiger partial charge in [-0.2, -0.15) is 0 Å². The number of hydrogen-bond donors (Lipinski definition) is 0. The van der Waals surface area contributed by atoms with E-state index in [0.29, 0.717) is 29.7 Å². The van der Waals surface area contributed by atoms with Gasteiger partial charge in [-0.3, -0.25) is 4.99 Å². The Labute approximate surface area is 158 Å². The number of methoxy groups -OCH3 is 1. The van der Waals surface area contributed by atoms with Gasteiger partial charge in [0.05, 0.1) is 47.3 Å². The molecule has 1 aromatic carbocycles. The smallest absolute Gasteiger partial charge is 0.339 e. The van der Waals surface area contributed by atoms with Gasteiger partial charge in [0.1, 0.15) is 5.76 Å². The number of carbonyl (C=O) groups excluding carboxylic acids is 1. The second kappa shape index (κ2) is 8.03. The lowest BCUT2D eigenvalue weighted by atomic mass is 10.2. The van der Waals surface area contributed by atoms with E-state index in [2.05, 4.69) is 25.8 Å². The third kappa shape index (κ3) is 4.23. The number of morpholine rings is 1. The fraction of sp³-hybridized carbons (Fsp3) is 0.294. The Morgan fingerprint density at radius 1 is 1.36 bits per heavy atom. The van der Waals surface area contributed by atoms with Crippen LogP contribution in [-0.2, 0) is 9.47 Å². The second-order valence-corrected chi connectivity index (χ2v) is 6.58. The molecule has 25 heavy (non-hydrogen) atoms. The molecule has 0 spiro atoms. The molecule has 2 aromatic rings. The van der Waals surface area contributed by atoms with Crippen LogP contribution in [0, 0.1) is 0 Å². The molecular weight excluding hydrogens is 412 g/mol. The van der Waals surface area contributed by atoms with Gasteiger partial charge in [-0.1, -0.05) is 11.6 Å². The van der Waals surface area contributed by atoms with E-state index in [1.54, 1.807) is 24.4 Å². The van der Waals surface area contributed by atoms with Crippen molar-refractivity contribution in [1.29, 1.82) is 0 Å². The van der Waals surface area contributed by atoms with Crippen molar-refractivity contribution < 1.29 is 18.7 Å². The minimum Gasteiger partial charge on any atom is -0.465 e. The lowest BCUT2D eigenvalue weighted by Gasteiger charge is -2.26. The summed E-state index contributed by atoms with van der Waals surface area (Å²) in [7, 11) is 1.31. The molecule has 0 unspecified atom stereocenters. The van der Waals surface area contributed by atoms with Gasteiger partial charge < -0.3 is 18.8 Å². The van der Waals surface area contributed by atoms with Crippen LogP contribution >= 0.6 is 27.5 Å². The Morgan fingerprint density at radius 3 is 2.84 bits per heavy atom. The predicted octanol–water partition coefficient (Wildman–Crippen LogP) is 4.07. The summed E-state index contributed by atoms with van der Waals surface area (Å²) in [6.45, 7) is 2.92. The zero-order valence-corrected chi connectivity index (χ0v) is 15.8. The number of halogens is 2. The molecule has 2 heterocycles. The molecule has 0 bridgehead atoms. The van der Waals surface area contributed by atoms with Crippen molar-refractivity contribution in [3.8, 4) is 0 Å². The maximum absolute atomic E-state index is 11.7. The topological polar surface area (TPSA) is 64.3 Å². The minimum atomic E-state index is -0.502. The normalized spacial score (nSPS) is 14.9. The number of aliphatic imine (C=N–C) groups is 1. The molecular formula is C17H16BrClN2O4. The van der Waals surface area contributed by atoms with Crippen molar-refractivity contribution in [2.45, 2.75) is 0 Å². The van der Waals surface area contributed by atoms with Gasteiger partial charge in [0, 0.05) is 19.2 Å². The van der Waals surface area contributed by atoms with Crippen LogP contribution in [0.1, 0.15) is 16.1 Å². The number of anilines is 1. The molecule has 8 heteroatoms. The molecule has 3 rings (SSSR count). The summed E-state index contributed by atoms with van der Waals surface area (Å²) in [5.41, 5.74) is 0.846. The molecule has 6 nitrogen and oxygen atoms in total. The maximum Gasteiger partial charge on any atom is 0.339 e. The highest BCUT2D eigenvalue weighted by Crippen LogP contribution is 2.30. The largest absolute Gasteiger partial charge is 0.465 e. The van der Waals surface area contributed by atoms with E-state index < -0.39 is 5.97 Å². The van der Waals surface area contributed by atoms with E-state index in [1.165, 1.54) is 7.11 Å². The van der Waals surface area contributed by atoms with Crippen molar-refractivity contribution in [3.05, 3.63) is 45.1 Å². The first-order valence-corrected chi connectivity index (χ1v) is 8.79. The first kappa shape index (κ1) is 18.0. The molecule has 1 aromatic heterocycles. The molecule has 132 valence electrons. The van der Waals surface area contributed by atoms with E-state index in [-0.39, 0.29) is 5.56 Å². The van der Waals surface area contributed by atoms with Gasteiger partial charge in [0.2, 0.25) is 5.88 Å². The van der Waals surface area contributed by atoms with E-state index >= 15 is 0 Å². The number of rotatable bonds is 4. The van der Waals surface area contributed by atoms with E-state index in [0.717, 1.165) is 23.4 Å². The highest BCUT2D eigenvalue weighted by molar-refractivity contribution is 9.10. The fourth-order valence-electron chi connectivity index (χ4n) is 2.42. The highest BCUT2D eigenvalue weighted by Gasteiger charge is 2.18. The summed E-state index contributed by atoms with van der Waals surface area (Å²) in [4.78, 5) is 18.1. The van der Waals surface area contributed by atoms with Gasteiger partial charge in [-0.25, -0.2) is 4.79 Å². The summed E-state index contributed by atoms with van der Waals surface area (Å²) >= 11 is 9.52. The zero-order valence-electron chi connectivity index (χ0n) is 13.5. The fourth-order valence-corrected chi connectivity index (χ4v) is 3.17. The van der Waals surface area contributed by atoms with Gasteiger partial charge in [-0.15, -0.1) is 0 Å². The van der Waals surface area contributed by atoms with Crippen molar-refractivity contribution in [1.82, 2.24) is 0 Å². The Hall–Kier alpha value is -1.83. The van der Waals surface area contributed by atoms with Crippen molar-refractivity contribution in [3.63, 3.8) is 0 Å². The molecule has 1 aliphatic heterocycles. The van der Waals surface area contributed by atoms with Gasteiger partial charge in [0.25, 0.3) is 0 Å². The zero-order chi connectivity index (χ0) is 17.8. The number of hydrogen-bond acceptors (Lipinski definition) is 6. The molecule has 0 saturated carbocycles. The summed E-state index contributed by atoms with van der Waals surface area (Å²) in [5, 5.41) is 0.321. The maximum atomic E-state index is 11.7. The number of benzene rings is 1. The predicted molar refractivity (Wildman–Crippen MR) is 99.5 cm³/mol. The van der Waals surface area contributed by atoms with Crippen LogP contribution in [0.2, 0.25) is 5.02 Å². The molecule has 1 aliphatic rings. The lowest BCUT2D eigenvalue weighted by molar-refractivity contribution is 0.0601. The second-order valence-electron chi connectivity index (χ2n) is 5.32. The van der Waals surface area contributed by atoms with Gasteiger partial charge in [0.15, 0.2) is 0 Å². The molecule has 1 saturated heterocycles. The Morgan fingerprint density at radius 2 is 2.12 bits per heavy atom. The number of nitrogens with zero attached hydrogens (tertiary/aromatic N) is 2. The number of furan rings is 1. The third-order valence-corrected chi connectivity index (χ3v) is 4.58. The first-order valence-electron chi connectivity index (χ1n) is 7.62. The van der Waals surface area contributed by atoms with Crippen molar-refractivity contribution in [2.24, 2.45) is 4.99 Å². The summed E-state index contributed by atoms with van der Waals surface area (Å²) in [6, 6.07) is 6.75. The van der Waals surface area contributed by atoms with E-state index in [1.807, 2.05) is 6.07 Å². The molecule has 0 radical (unpaired) electrons. The van der Waals surface area contributed by atoms with Crippen LogP contribution < -0.4 is 4.90 Å². The number of carbonyl (C=O) groups is 1. The summed E-state index contributed by atoms with van der Waals surface area (Å²) in [6.07, 6.45) is 1.60. The molecule has 1 fully saturated rings. The van der Waals surface area contributed by atoms with Crippen LogP contribution in [0.3, 0.4) is 0 Å². The van der Waals surface area contributed by atoms with Crippen LogP contribution in [0.15, 0.2) is 38.1 Å². The third-order valence-electron chi connectivity index (χ3n) is 3.68. The average molecular weight is 428 g/mol. The lowest BCUT2D eigenvalue weighted by Crippen LogP contribution is -2.36. The SMILES string of the molecule is COC(=O)c1cc(N=Cc2cc(Br)c(N3CCOCC3)o2)ccc1Cl. The van der Waals surface area contributed by atoms with E-state index in [4.69, 9.17) is 25.5 Å². The molecule has 0 amide bonds. The average Bonchev–Trinajstić information content (AvgIpc) is 3.02. The molecule has 0 atom stereocenters. The Bertz CT molecular complexity index is 800. The number of esters is 1. The Balaban J connectivity index is 1.79. The molecule has 0 aliphatic carbocycles. The summed E-state index contributed by atoms with van der Waals surface area (Å²) in [5.74, 6) is 0.858. The van der Waals surface area contributed by atoms with Crippen LogP contribution in [0.25, 0.3) is 0 Å². The van der Waals surface area contributed by atoms with Crippen molar-refractivity contribution in [2.75, 3.05) is 38.3 Å². The van der Waals surface area contributed by atoms with Crippen LogP contribution in [-0.4, -0.2) is 45.6 Å².